The summed E-state index contributed by atoms with van der Waals surface area (Å²) < 4.78 is 0. The molecule has 0 bridgehead atoms. The van der Waals surface area contributed by atoms with Crippen molar-refractivity contribution >= 4 is 12.2 Å². The Kier molecular flexibility index (Phi) is 4.77. The zero-order valence-electron chi connectivity index (χ0n) is 11.8. The first-order valence-corrected chi connectivity index (χ1v) is 7.18. The Hall–Kier alpha value is -1.58. The Morgan fingerprint density at radius 2 is 2.37 bits per heavy atom. The summed E-state index contributed by atoms with van der Waals surface area (Å²) >= 11 is 0. The van der Waals surface area contributed by atoms with Crippen molar-refractivity contribution in [1.82, 2.24) is 9.88 Å². The van der Waals surface area contributed by atoms with Gasteiger partial charge in [0.1, 0.15) is 5.82 Å². The van der Waals surface area contributed by atoms with Gasteiger partial charge in [-0.3, -0.25) is 4.79 Å². The molecule has 0 aromatic carbocycles. The highest BCUT2D eigenvalue weighted by Gasteiger charge is 2.22. The minimum Gasteiger partial charge on any atom is -0.368 e. The van der Waals surface area contributed by atoms with Crippen molar-refractivity contribution in [3.8, 4) is 0 Å². The number of carbonyl (C=O) groups excluding carboxylic acids is 1. The van der Waals surface area contributed by atoms with Gasteiger partial charge in [0, 0.05) is 18.8 Å². The lowest BCUT2D eigenvalue weighted by Crippen LogP contribution is -2.32. The molecule has 0 unspecified atom stereocenters. The maximum Gasteiger partial charge on any atom is 0.210 e. The third-order valence-electron chi connectivity index (χ3n) is 3.86. The number of carbonyl (C=O) groups is 1. The van der Waals surface area contributed by atoms with Crippen molar-refractivity contribution in [1.29, 1.82) is 0 Å². The van der Waals surface area contributed by atoms with Crippen LogP contribution in [0.4, 0.5) is 5.82 Å². The number of amides is 1. The molecule has 1 aliphatic rings. The molecule has 1 fully saturated rings. The van der Waals surface area contributed by atoms with Crippen molar-refractivity contribution in [3.63, 3.8) is 0 Å². The van der Waals surface area contributed by atoms with Gasteiger partial charge in [-0.05, 0) is 44.2 Å². The molecule has 2 atom stereocenters. The number of nitrogens with zero attached hydrogens (tertiary/aromatic N) is 2. The quantitative estimate of drug-likeness (QED) is 0.829. The van der Waals surface area contributed by atoms with Crippen LogP contribution in [-0.2, 0) is 4.79 Å². The van der Waals surface area contributed by atoms with Crippen molar-refractivity contribution < 1.29 is 4.79 Å². The molecule has 2 heterocycles. The van der Waals surface area contributed by atoms with E-state index < -0.39 is 0 Å². The van der Waals surface area contributed by atoms with Crippen LogP contribution in [0, 0.1) is 0 Å². The van der Waals surface area contributed by atoms with Gasteiger partial charge in [-0.25, -0.2) is 4.98 Å². The summed E-state index contributed by atoms with van der Waals surface area (Å²) in [4.78, 5) is 17.4. The molecule has 2 rings (SSSR count). The van der Waals surface area contributed by atoms with E-state index in [-0.39, 0.29) is 6.04 Å². The second-order valence-corrected chi connectivity index (χ2v) is 5.29. The molecule has 0 radical (unpaired) electrons. The average molecular weight is 261 g/mol. The molecule has 104 valence electrons. The zero-order chi connectivity index (χ0) is 13.7. The largest absolute Gasteiger partial charge is 0.368 e. The van der Waals surface area contributed by atoms with Gasteiger partial charge in [-0.1, -0.05) is 13.0 Å². The summed E-state index contributed by atoms with van der Waals surface area (Å²) in [6, 6.07) is 4.74. The van der Waals surface area contributed by atoms with Crippen LogP contribution in [0.15, 0.2) is 18.3 Å². The second kappa shape index (κ2) is 6.55. The van der Waals surface area contributed by atoms with Gasteiger partial charge in [0.15, 0.2) is 0 Å². The molecule has 1 N–H and O–H groups in total. The number of aromatic nitrogens is 1. The average Bonchev–Trinajstić information content (AvgIpc) is 2.48. The van der Waals surface area contributed by atoms with Gasteiger partial charge in [-0.15, -0.1) is 0 Å². The van der Waals surface area contributed by atoms with Crippen molar-refractivity contribution in [2.24, 2.45) is 0 Å². The Morgan fingerprint density at radius 1 is 1.53 bits per heavy atom. The molecular formula is C15H23N3O. The lowest BCUT2D eigenvalue weighted by atomic mass is 9.97. The van der Waals surface area contributed by atoms with Crippen LogP contribution in [0.5, 0.6) is 0 Å². The molecule has 1 amide bonds. The first-order chi connectivity index (χ1) is 9.24. The van der Waals surface area contributed by atoms with Gasteiger partial charge in [0.25, 0.3) is 0 Å². The summed E-state index contributed by atoms with van der Waals surface area (Å²) in [5.41, 5.74) is 1.14. The van der Waals surface area contributed by atoms with E-state index >= 15 is 0 Å². The predicted molar refractivity (Wildman–Crippen MR) is 77.0 cm³/mol. The molecule has 0 aliphatic carbocycles. The second-order valence-electron chi connectivity index (χ2n) is 5.29. The minimum absolute atomic E-state index is 0.205. The summed E-state index contributed by atoms with van der Waals surface area (Å²) in [7, 11) is 0. The fourth-order valence-corrected chi connectivity index (χ4v) is 2.48. The van der Waals surface area contributed by atoms with E-state index in [0.29, 0.717) is 6.04 Å². The monoisotopic (exact) mass is 261 g/mol. The third-order valence-corrected chi connectivity index (χ3v) is 3.86. The van der Waals surface area contributed by atoms with Gasteiger partial charge in [-0.2, -0.15) is 0 Å². The predicted octanol–water partition coefficient (Wildman–Crippen LogP) is 2.98. The molecule has 1 saturated heterocycles. The number of rotatable bonds is 5. The molecule has 4 nitrogen and oxygen atoms in total. The lowest BCUT2D eigenvalue weighted by Gasteiger charge is -2.32. The highest BCUT2D eigenvalue weighted by Crippen LogP contribution is 2.29. The van der Waals surface area contributed by atoms with E-state index in [1.165, 1.54) is 6.42 Å². The van der Waals surface area contributed by atoms with Crippen LogP contribution in [-0.4, -0.2) is 28.9 Å². The number of nitrogens with one attached hydrogen (secondary N) is 1. The smallest absolute Gasteiger partial charge is 0.210 e. The molecule has 0 spiro atoms. The molecule has 19 heavy (non-hydrogen) atoms. The van der Waals surface area contributed by atoms with Crippen LogP contribution in [0.3, 0.4) is 0 Å². The van der Waals surface area contributed by atoms with E-state index in [1.54, 1.807) is 0 Å². The van der Waals surface area contributed by atoms with Crippen LogP contribution >= 0.6 is 0 Å². The number of hydrogen-bond acceptors (Lipinski definition) is 3. The van der Waals surface area contributed by atoms with Crippen LogP contribution < -0.4 is 5.32 Å². The van der Waals surface area contributed by atoms with Crippen molar-refractivity contribution in [3.05, 3.63) is 23.9 Å². The Morgan fingerprint density at radius 3 is 3.00 bits per heavy atom. The fraction of sp³-hybridized carbons (Fsp3) is 0.600. The Balaban J connectivity index is 2.06. The van der Waals surface area contributed by atoms with Gasteiger partial charge < -0.3 is 10.2 Å². The number of piperidine rings is 1. The molecule has 1 aliphatic heterocycles. The van der Waals surface area contributed by atoms with E-state index in [0.717, 1.165) is 43.6 Å². The molecule has 1 aromatic rings. The zero-order valence-corrected chi connectivity index (χ0v) is 11.8. The first kappa shape index (κ1) is 13.8. The minimum atomic E-state index is 0.205. The van der Waals surface area contributed by atoms with E-state index in [4.69, 9.17) is 0 Å². The fourth-order valence-electron chi connectivity index (χ4n) is 2.48. The molecule has 0 saturated carbocycles. The highest BCUT2D eigenvalue weighted by molar-refractivity contribution is 5.49. The lowest BCUT2D eigenvalue weighted by molar-refractivity contribution is -0.121. The first-order valence-electron chi connectivity index (χ1n) is 7.18. The van der Waals surface area contributed by atoms with Crippen LogP contribution in [0.25, 0.3) is 0 Å². The Bertz CT molecular complexity index is 404. The summed E-state index contributed by atoms with van der Waals surface area (Å²) in [6.07, 6.45) is 7.27. The number of hydrogen-bond donors (Lipinski definition) is 1. The maximum absolute atomic E-state index is 11.1. The molecular weight excluding hydrogens is 238 g/mol. The topological polar surface area (TPSA) is 45.2 Å². The maximum atomic E-state index is 11.1. The summed E-state index contributed by atoms with van der Waals surface area (Å²) in [6.45, 7) is 5.15. The normalized spacial score (nSPS) is 20.9. The van der Waals surface area contributed by atoms with E-state index in [9.17, 15) is 4.79 Å². The van der Waals surface area contributed by atoms with E-state index in [1.807, 2.05) is 17.2 Å². The van der Waals surface area contributed by atoms with Crippen molar-refractivity contribution in [2.75, 3.05) is 11.9 Å². The van der Waals surface area contributed by atoms with Crippen molar-refractivity contribution in [2.45, 2.75) is 51.6 Å². The van der Waals surface area contributed by atoms with Crippen LogP contribution in [0.2, 0.25) is 0 Å². The van der Waals surface area contributed by atoms with Gasteiger partial charge in [0.2, 0.25) is 6.41 Å². The van der Waals surface area contributed by atoms with E-state index in [2.05, 4.69) is 30.2 Å². The number of pyridine rings is 1. The standard InChI is InChI=1S/C15H23N3O/c1-3-12(2)17-15-8-7-13(10-16-15)14-6-4-5-9-18(14)11-19/h7-8,10-12,14H,3-6,9H2,1-2H3,(H,16,17)/t12-,14-/m1/s1. The SMILES string of the molecule is CC[C@@H](C)Nc1ccc([C@H]2CCCCN2C=O)cn1. The number of likely N-dealkylation sites (tertiary alicyclic amines) is 1. The summed E-state index contributed by atoms with van der Waals surface area (Å²) in [5.74, 6) is 0.909. The summed E-state index contributed by atoms with van der Waals surface area (Å²) in [5, 5.41) is 3.35. The molecule has 4 heteroatoms. The Labute approximate surface area is 115 Å². The molecule has 1 aromatic heterocycles. The van der Waals surface area contributed by atoms with Crippen LogP contribution in [0.1, 0.15) is 51.1 Å². The highest BCUT2D eigenvalue weighted by atomic mass is 16.1. The third kappa shape index (κ3) is 3.46. The van der Waals surface area contributed by atoms with Gasteiger partial charge in [0.05, 0.1) is 6.04 Å². The number of anilines is 1. The van der Waals surface area contributed by atoms with Gasteiger partial charge >= 0.3 is 0 Å².